The zero-order chi connectivity index (χ0) is 12.7. The summed E-state index contributed by atoms with van der Waals surface area (Å²) in [6, 6.07) is 0. The van der Waals surface area contributed by atoms with Crippen LogP contribution in [0.15, 0.2) is 5.16 Å². The fraction of sp³-hybridized carbons (Fsp3) is 0.909. The molecule has 0 aromatic heterocycles. The molecule has 2 rings (SSSR count). The van der Waals surface area contributed by atoms with Gasteiger partial charge in [-0.2, -0.15) is 0 Å². The van der Waals surface area contributed by atoms with Gasteiger partial charge in [-0.25, -0.2) is 0 Å². The lowest BCUT2D eigenvalue weighted by Gasteiger charge is -2.22. The Balaban J connectivity index is 2.09. The number of hydrogen-bond acceptors (Lipinski definition) is 6. The fourth-order valence-electron chi connectivity index (χ4n) is 2.16. The predicted octanol–water partition coefficient (Wildman–Crippen LogP) is 1.12. The Morgan fingerprint density at radius 3 is 2.35 bits per heavy atom. The van der Waals surface area contributed by atoms with Crippen LogP contribution in [0.25, 0.3) is 0 Å². The van der Waals surface area contributed by atoms with Crippen LogP contribution >= 0.6 is 0 Å². The van der Waals surface area contributed by atoms with Gasteiger partial charge >= 0.3 is 0 Å². The second kappa shape index (κ2) is 4.20. The molecular formula is C11H19NO5. The van der Waals surface area contributed by atoms with E-state index in [2.05, 4.69) is 5.16 Å². The Morgan fingerprint density at radius 1 is 1.12 bits per heavy atom. The summed E-state index contributed by atoms with van der Waals surface area (Å²) in [4.78, 5) is 0. The van der Waals surface area contributed by atoms with E-state index in [1.54, 1.807) is 0 Å². The van der Waals surface area contributed by atoms with Gasteiger partial charge in [0.1, 0.15) is 18.3 Å². The average Bonchev–Trinajstić information content (AvgIpc) is 2.67. The molecule has 98 valence electrons. The fourth-order valence-corrected chi connectivity index (χ4v) is 2.16. The van der Waals surface area contributed by atoms with Crippen LogP contribution in [0.4, 0.5) is 0 Å². The van der Waals surface area contributed by atoms with Crippen LogP contribution in [-0.4, -0.2) is 47.9 Å². The minimum atomic E-state index is -0.716. The maximum Gasteiger partial charge on any atom is 0.164 e. The highest BCUT2D eigenvalue weighted by atomic mass is 16.8. The molecule has 0 aromatic carbocycles. The Hall–Kier alpha value is -0.690. The Labute approximate surface area is 100 Å². The van der Waals surface area contributed by atoms with E-state index < -0.39 is 17.7 Å². The van der Waals surface area contributed by atoms with Gasteiger partial charge in [-0.15, -0.1) is 0 Å². The number of ether oxygens (including phenoxy) is 4. The summed E-state index contributed by atoms with van der Waals surface area (Å²) < 4.78 is 22.6. The summed E-state index contributed by atoms with van der Waals surface area (Å²) in [5.41, 5.74) is 0. The predicted molar refractivity (Wildman–Crippen MR) is 59.0 cm³/mol. The van der Waals surface area contributed by atoms with E-state index in [4.69, 9.17) is 24.2 Å². The van der Waals surface area contributed by atoms with E-state index in [-0.39, 0.29) is 12.2 Å². The summed E-state index contributed by atoms with van der Waals surface area (Å²) in [6.07, 6.45) is 0.323. The zero-order valence-corrected chi connectivity index (χ0v) is 10.5. The molecule has 2 aliphatic heterocycles. The van der Waals surface area contributed by atoms with Gasteiger partial charge in [0.05, 0.1) is 12.8 Å². The molecule has 6 heteroatoms. The average molecular weight is 245 g/mol. The van der Waals surface area contributed by atoms with Crippen LogP contribution in [0.3, 0.4) is 0 Å². The van der Waals surface area contributed by atoms with Crippen molar-refractivity contribution in [3.05, 3.63) is 0 Å². The first-order valence-electron chi connectivity index (χ1n) is 5.68. The minimum Gasteiger partial charge on any atom is -0.411 e. The molecule has 2 saturated heterocycles. The molecule has 2 aliphatic rings. The van der Waals surface area contributed by atoms with E-state index in [0.717, 1.165) is 0 Å². The highest BCUT2D eigenvalue weighted by Crippen LogP contribution is 2.34. The maximum absolute atomic E-state index is 8.62. The molecule has 0 aliphatic carbocycles. The minimum absolute atomic E-state index is 0.227. The summed E-state index contributed by atoms with van der Waals surface area (Å²) in [5.74, 6) is -1.33. The molecule has 1 N–H and O–H groups in total. The molecule has 0 spiro atoms. The molecule has 3 atom stereocenters. The second-order valence-corrected chi connectivity index (χ2v) is 5.20. The van der Waals surface area contributed by atoms with Gasteiger partial charge in [0.25, 0.3) is 0 Å². The largest absolute Gasteiger partial charge is 0.411 e. The first-order valence-corrected chi connectivity index (χ1v) is 5.68. The van der Waals surface area contributed by atoms with E-state index in [0.29, 0.717) is 6.61 Å². The molecular weight excluding hydrogens is 226 g/mol. The third-order valence-electron chi connectivity index (χ3n) is 2.77. The van der Waals surface area contributed by atoms with Crippen molar-refractivity contribution < 1.29 is 24.2 Å². The van der Waals surface area contributed by atoms with Gasteiger partial charge in [-0.3, -0.25) is 0 Å². The number of rotatable bonds is 2. The van der Waals surface area contributed by atoms with Gasteiger partial charge in [0, 0.05) is 0 Å². The van der Waals surface area contributed by atoms with Crippen molar-refractivity contribution in [2.24, 2.45) is 5.16 Å². The molecule has 2 heterocycles. The van der Waals surface area contributed by atoms with Crippen molar-refractivity contribution in [3.63, 3.8) is 0 Å². The molecule has 0 unspecified atom stereocenters. The Morgan fingerprint density at radius 2 is 1.82 bits per heavy atom. The lowest BCUT2D eigenvalue weighted by atomic mass is 10.1. The smallest absolute Gasteiger partial charge is 0.164 e. The van der Waals surface area contributed by atoms with Crippen LogP contribution in [-0.2, 0) is 18.9 Å². The standard InChI is InChI=1S/C11H19NO5/c1-10(2)14-6-8(16-10)9-7(5-12-13)15-11(3,4)17-9/h5,7-9,13H,6H2,1-4H3/b12-5+/t7-,8-,9+/m1/s1. The number of oxime groups is 1. The highest BCUT2D eigenvalue weighted by molar-refractivity contribution is 5.63. The van der Waals surface area contributed by atoms with Gasteiger partial charge in [-0.05, 0) is 27.7 Å². The number of nitrogens with zero attached hydrogens (tertiary/aromatic N) is 1. The van der Waals surface area contributed by atoms with Crippen molar-refractivity contribution in [1.29, 1.82) is 0 Å². The lowest BCUT2D eigenvalue weighted by Crippen LogP contribution is -2.39. The van der Waals surface area contributed by atoms with Crippen LogP contribution in [0.2, 0.25) is 0 Å². The van der Waals surface area contributed by atoms with E-state index >= 15 is 0 Å². The summed E-state index contributed by atoms with van der Waals surface area (Å²) in [6.45, 7) is 7.76. The quantitative estimate of drug-likeness (QED) is 0.448. The summed E-state index contributed by atoms with van der Waals surface area (Å²) >= 11 is 0. The monoisotopic (exact) mass is 245 g/mol. The van der Waals surface area contributed by atoms with Gasteiger partial charge in [-0.1, -0.05) is 5.16 Å². The molecule has 2 fully saturated rings. The molecule has 0 aromatic rings. The molecule has 17 heavy (non-hydrogen) atoms. The third kappa shape index (κ3) is 2.77. The van der Waals surface area contributed by atoms with Gasteiger partial charge in [0.15, 0.2) is 11.6 Å². The van der Waals surface area contributed by atoms with Crippen molar-refractivity contribution in [2.45, 2.75) is 57.6 Å². The van der Waals surface area contributed by atoms with Crippen LogP contribution in [0, 0.1) is 0 Å². The molecule has 6 nitrogen and oxygen atoms in total. The van der Waals surface area contributed by atoms with E-state index in [1.807, 2.05) is 27.7 Å². The topological polar surface area (TPSA) is 69.5 Å². The van der Waals surface area contributed by atoms with Crippen LogP contribution in [0.5, 0.6) is 0 Å². The van der Waals surface area contributed by atoms with Crippen molar-refractivity contribution >= 4 is 6.21 Å². The molecule has 0 bridgehead atoms. The first kappa shape index (κ1) is 12.8. The lowest BCUT2D eigenvalue weighted by molar-refractivity contribution is -0.174. The number of hydrogen-bond donors (Lipinski definition) is 1. The van der Waals surface area contributed by atoms with E-state index in [9.17, 15) is 0 Å². The summed E-state index contributed by atoms with van der Waals surface area (Å²) in [7, 11) is 0. The highest BCUT2D eigenvalue weighted by Gasteiger charge is 2.49. The zero-order valence-electron chi connectivity index (χ0n) is 10.5. The van der Waals surface area contributed by atoms with Crippen molar-refractivity contribution in [1.82, 2.24) is 0 Å². The Kier molecular flexibility index (Phi) is 3.15. The van der Waals surface area contributed by atoms with E-state index in [1.165, 1.54) is 6.21 Å². The SMILES string of the molecule is CC1(C)O[C@H]([C@H]2COC(C)(C)O2)[C@@H](/C=N/O)O1. The maximum atomic E-state index is 8.62. The summed E-state index contributed by atoms with van der Waals surface area (Å²) in [5, 5.41) is 11.6. The Bertz CT molecular complexity index is 315. The van der Waals surface area contributed by atoms with Crippen molar-refractivity contribution in [3.8, 4) is 0 Å². The molecule has 0 radical (unpaired) electrons. The van der Waals surface area contributed by atoms with Gasteiger partial charge in [0.2, 0.25) is 0 Å². The third-order valence-corrected chi connectivity index (χ3v) is 2.77. The normalized spacial score (nSPS) is 40.1. The van der Waals surface area contributed by atoms with Crippen LogP contribution in [0.1, 0.15) is 27.7 Å². The van der Waals surface area contributed by atoms with Crippen molar-refractivity contribution in [2.75, 3.05) is 6.61 Å². The molecule has 0 saturated carbocycles. The second-order valence-electron chi connectivity index (χ2n) is 5.20. The molecule has 0 amide bonds. The van der Waals surface area contributed by atoms with Crippen LogP contribution < -0.4 is 0 Å². The van der Waals surface area contributed by atoms with Gasteiger partial charge < -0.3 is 24.2 Å². The first-order chi connectivity index (χ1) is 7.83.